The summed E-state index contributed by atoms with van der Waals surface area (Å²) in [5.41, 5.74) is -0.930. The monoisotopic (exact) mass is 352 g/mol. The van der Waals surface area contributed by atoms with E-state index in [0.717, 1.165) is 6.20 Å². The molecule has 0 saturated carbocycles. The van der Waals surface area contributed by atoms with Gasteiger partial charge >= 0.3 is 12.1 Å². The molecule has 0 bridgehead atoms. The molecule has 2 atom stereocenters. The standard InChI is InChI=1S/C18H25FN2O4/c1-17(2,3)7-8-25-16(24)21-14(5-6-18(21,4)15(22)23)12-9-13(19)11-20-10-12/h9-11,14H,5-8H2,1-4H3,(H,22,23)/t14-,18+/m1/s1. The predicted molar refractivity (Wildman–Crippen MR) is 89.5 cm³/mol. The first kappa shape index (κ1) is 19.1. The lowest BCUT2D eigenvalue weighted by molar-refractivity contribution is -0.148. The minimum atomic E-state index is -1.39. The zero-order valence-corrected chi connectivity index (χ0v) is 15.1. The average Bonchev–Trinajstić information content (AvgIpc) is 2.85. The molecular weight excluding hydrogens is 327 g/mol. The quantitative estimate of drug-likeness (QED) is 0.892. The summed E-state index contributed by atoms with van der Waals surface area (Å²) in [6.07, 6.45) is 3.15. The van der Waals surface area contributed by atoms with Gasteiger partial charge in [-0.25, -0.2) is 14.0 Å². The zero-order chi connectivity index (χ0) is 18.8. The summed E-state index contributed by atoms with van der Waals surface area (Å²) in [6, 6.07) is 0.701. The highest BCUT2D eigenvalue weighted by Gasteiger charge is 2.52. The Bertz CT molecular complexity index is 659. The van der Waals surface area contributed by atoms with Gasteiger partial charge in [0.15, 0.2) is 0 Å². The number of amides is 1. The van der Waals surface area contributed by atoms with Crippen LogP contribution in [0.15, 0.2) is 18.5 Å². The molecule has 138 valence electrons. The first-order chi connectivity index (χ1) is 11.5. The highest BCUT2D eigenvalue weighted by atomic mass is 19.1. The van der Waals surface area contributed by atoms with Crippen LogP contribution in [0.3, 0.4) is 0 Å². The van der Waals surface area contributed by atoms with E-state index in [2.05, 4.69) is 4.98 Å². The molecule has 1 aromatic rings. The number of pyridine rings is 1. The second kappa shape index (κ2) is 6.98. The van der Waals surface area contributed by atoms with E-state index in [0.29, 0.717) is 18.4 Å². The van der Waals surface area contributed by atoms with E-state index in [9.17, 15) is 19.1 Å². The van der Waals surface area contributed by atoms with Crippen LogP contribution in [0.25, 0.3) is 0 Å². The van der Waals surface area contributed by atoms with Crippen LogP contribution in [0.5, 0.6) is 0 Å². The number of aliphatic carboxylic acids is 1. The lowest BCUT2D eigenvalue weighted by Crippen LogP contribution is -2.51. The summed E-state index contributed by atoms with van der Waals surface area (Å²) in [6.45, 7) is 7.77. The molecule has 2 rings (SSSR count). The number of hydrogen-bond acceptors (Lipinski definition) is 4. The fourth-order valence-electron chi connectivity index (χ4n) is 2.99. The Hall–Kier alpha value is -2.18. The van der Waals surface area contributed by atoms with Crippen molar-refractivity contribution in [3.63, 3.8) is 0 Å². The molecule has 0 radical (unpaired) electrons. The van der Waals surface area contributed by atoms with Crippen LogP contribution in [0.2, 0.25) is 0 Å². The summed E-state index contributed by atoms with van der Waals surface area (Å²) >= 11 is 0. The van der Waals surface area contributed by atoms with Crippen LogP contribution >= 0.6 is 0 Å². The molecule has 1 aliphatic rings. The van der Waals surface area contributed by atoms with E-state index in [1.807, 2.05) is 20.8 Å². The summed E-state index contributed by atoms with van der Waals surface area (Å²) in [7, 11) is 0. The van der Waals surface area contributed by atoms with Gasteiger partial charge in [-0.05, 0) is 43.2 Å². The van der Waals surface area contributed by atoms with E-state index in [4.69, 9.17) is 4.74 Å². The fourth-order valence-corrected chi connectivity index (χ4v) is 2.99. The van der Waals surface area contributed by atoms with E-state index in [1.165, 1.54) is 24.1 Å². The Labute approximate surface area is 147 Å². The van der Waals surface area contributed by atoms with Crippen LogP contribution in [0, 0.1) is 11.2 Å². The second-order valence-electron chi connectivity index (χ2n) is 7.87. The molecule has 1 amide bonds. The lowest BCUT2D eigenvalue weighted by Gasteiger charge is -2.34. The van der Waals surface area contributed by atoms with Crippen LogP contribution < -0.4 is 0 Å². The molecule has 0 aromatic carbocycles. The highest BCUT2D eigenvalue weighted by Crippen LogP contribution is 2.43. The second-order valence-corrected chi connectivity index (χ2v) is 7.87. The molecule has 0 unspecified atom stereocenters. The van der Waals surface area contributed by atoms with Crippen molar-refractivity contribution in [3.05, 3.63) is 29.8 Å². The van der Waals surface area contributed by atoms with Crippen LogP contribution in [0.4, 0.5) is 9.18 Å². The Morgan fingerprint density at radius 2 is 2.12 bits per heavy atom. The Kier molecular flexibility index (Phi) is 5.34. The van der Waals surface area contributed by atoms with Crippen molar-refractivity contribution in [1.29, 1.82) is 0 Å². The summed E-state index contributed by atoms with van der Waals surface area (Å²) in [5.74, 6) is -1.63. The molecule has 7 heteroatoms. The number of nitrogens with zero attached hydrogens (tertiary/aromatic N) is 2. The first-order valence-corrected chi connectivity index (χ1v) is 8.34. The highest BCUT2D eigenvalue weighted by molar-refractivity contribution is 5.85. The largest absolute Gasteiger partial charge is 0.480 e. The average molecular weight is 352 g/mol. The molecule has 6 nitrogen and oxygen atoms in total. The van der Waals surface area contributed by atoms with Crippen molar-refractivity contribution in [1.82, 2.24) is 9.88 Å². The lowest BCUT2D eigenvalue weighted by atomic mass is 9.93. The zero-order valence-electron chi connectivity index (χ0n) is 15.1. The molecule has 2 heterocycles. The van der Waals surface area contributed by atoms with Gasteiger partial charge in [-0.15, -0.1) is 0 Å². The van der Waals surface area contributed by atoms with Gasteiger partial charge < -0.3 is 9.84 Å². The van der Waals surface area contributed by atoms with Crippen molar-refractivity contribution < 1.29 is 23.8 Å². The molecule has 0 spiro atoms. The number of carboxylic acid groups (broad SMARTS) is 1. The van der Waals surface area contributed by atoms with Crippen molar-refractivity contribution in [2.45, 2.75) is 58.5 Å². The number of halogens is 1. The van der Waals surface area contributed by atoms with E-state index < -0.39 is 29.5 Å². The molecule has 1 aromatic heterocycles. The number of likely N-dealkylation sites (tertiary alicyclic amines) is 1. The first-order valence-electron chi connectivity index (χ1n) is 8.34. The molecule has 1 aliphatic heterocycles. The molecule has 0 aliphatic carbocycles. The van der Waals surface area contributed by atoms with Gasteiger partial charge in [0.2, 0.25) is 0 Å². The van der Waals surface area contributed by atoms with Crippen molar-refractivity contribution in [2.75, 3.05) is 6.61 Å². The van der Waals surface area contributed by atoms with Gasteiger partial charge in [-0.3, -0.25) is 9.88 Å². The van der Waals surface area contributed by atoms with E-state index in [1.54, 1.807) is 0 Å². The predicted octanol–water partition coefficient (Wildman–Crippen LogP) is 3.77. The van der Waals surface area contributed by atoms with Crippen molar-refractivity contribution in [3.8, 4) is 0 Å². The summed E-state index contributed by atoms with van der Waals surface area (Å²) < 4.78 is 18.9. The third-order valence-corrected chi connectivity index (χ3v) is 4.59. The Morgan fingerprint density at radius 3 is 2.68 bits per heavy atom. The summed E-state index contributed by atoms with van der Waals surface area (Å²) in [5, 5.41) is 9.63. The Morgan fingerprint density at radius 1 is 1.44 bits per heavy atom. The molecule has 1 N–H and O–H groups in total. The van der Waals surface area contributed by atoms with Gasteiger partial charge in [0, 0.05) is 6.20 Å². The number of hydrogen-bond donors (Lipinski definition) is 1. The van der Waals surface area contributed by atoms with E-state index in [-0.39, 0.29) is 18.4 Å². The maximum absolute atomic E-state index is 13.5. The topological polar surface area (TPSA) is 79.7 Å². The normalized spacial score (nSPS) is 23.6. The third kappa shape index (κ3) is 4.27. The molecule has 25 heavy (non-hydrogen) atoms. The van der Waals surface area contributed by atoms with Gasteiger partial charge in [0.1, 0.15) is 11.4 Å². The van der Waals surface area contributed by atoms with Crippen LogP contribution in [-0.4, -0.2) is 39.2 Å². The van der Waals surface area contributed by atoms with Gasteiger partial charge in [-0.1, -0.05) is 20.8 Å². The number of rotatable bonds is 4. The maximum Gasteiger partial charge on any atom is 0.411 e. The number of carboxylic acids is 1. The fraction of sp³-hybridized carbons (Fsp3) is 0.611. The number of aromatic nitrogens is 1. The maximum atomic E-state index is 13.5. The molecular formula is C18H25FN2O4. The third-order valence-electron chi connectivity index (χ3n) is 4.59. The van der Waals surface area contributed by atoms with Gasteiger partial charge in [0.05, 0.1) is 18.8 Å². The van der Waals surface area contributed by atoms with Crippen molar-refractivity contribution in [2.24, 2.45) is 5.41 Å². The van der Waals surface area contributed by atoms with E-state index >= 15 is 0 Å². The number of carbonyl (C=O) groups is 2. The van der Waals surface area contributed by atoms with Crippen LogP contribution in [0.1, 0.15) is 58.6 Å². The Balaban J connectivity index is 2.25. The van der Waals surface area contributed by atoms with Gasteiger partial charge in [-0.2, -0.15) is 0 Å². The minimum absolute atomic E-state index is 0.00668. The smallest absolute Gasteiger partial charge is 0.411 e. The van der Waals surface area contributed by atoms with Crippen molar-refractivity contribution >= 4 is 12.1 Å². The molecule has 1 fully saturated rings. The van der Waals surface area contributed by atoms with Crippen LogP contribution in [-0.2, 0) is 9.53 Å². The SMILES string of the molecule is CC(C)(C)CCOC(=O)N1[C@@H](c2cncc(F)c2)CC[C@@]1(C)C(=O)O. The number of carbonyl (C=O) groups excluding carboxylic acids is 1. The minimum Gasteiger partial charge on any atom is -0.480 e. The number of ether oxygens (including phenoxy) is 1. The summed E-state index contributed by atoms with van der Waals surface area (Å²) in [4.78, 5) is 29.4. The van der Waals surface area contributed by atoms with Gasteiger partial charge in [0.25, 0.3) is 0 Å². The molecule has 1 saturated heterocycles.